The average molecular weight is 466 g/mol. The van der Waals surface area contributed by atoms with Gasteiger partial charge in [0, 0.05) is 24.9 Å². The second-order valence-corrected chi connectivity index (χ2v) is 9.76. The second kappa shape index (κ2) is 12.2. The van der Waals surface area contributed by atoms with Crippen molar-refractivity contribution in [3.63, 3.8) is 0 Å². The highest BCUT2D eigenvalue weighted by Crippen LogP contribution is 2.38. The first-order valence-electron chi connectivity index (χ1n) is 12.6. The Bertz CT molecular complexity index is 938. The van der Waals surface area contributed by atoms with Crippen molar-refractivity contribution in [1.29, 1.82) is 0 Å². The van der Waals surface area contributed by atoms with Crippen LogP contribution in [-0.2, 0) is 20.7 Å². The molecule has 2 N–H and O–H groups in total. The number of benzene rings is 2. The van der Waals surface area contributed by atoms with Crippen molar-refractivity contribution in [2.45, 2.75) is 90.3 Å². The highest BCUT2D eigenvalue weighted by atomic mass is 16.5. The molecule has 5 heteroatoms. The number of aryl methyl sites for hydroxylation is 2. The van der Waals surface area contributed by atoms with Crippen LogP contribution in [0.15, 0.2) is 48.5 Å². The van der Waals surface area contributed by atoms with Crippen LogP contribution in [0, 0.1) is 19.8 Å². The van der Waals surface area contributed by atoms with Crippen LogP contribution >= 0.6 is 0 Å². The van der Waals surface area contributed by atoms with Crippen molar-refractivity contribution in [2.75, 3.05) is 5.32 Å². The van der Waals surface area contributed by atoms with Crippen molar-refractivity contribution in [3.8, 4) is 0 Å². The van der Waals surface area contributed by atoms with Crippen molar-refractivity contribution in [2.24, 2.45) is 5.92 Å². The van der Waals surface area contributed by atoms with Gasteiger partial charge in [0.05, 0.1) is 5.60 Å². The van der Waals surface area contributed by atoms with Gasteiger partial charge >= 0.3 is 5.97 Å². The van der Waals surface area contributed by atoms with Gasteiger partial charge in [-0.15, -0.1) is 0 Å². The Morgan fingerprint density at radius 2 is 1.71 bits per heavy atom. The number of esters is 1. The van der Waals surface area contributed by atoms with Crippen LogP contribution in [0.4, 0.5) is 5.69 Å². The first-order valence-corrected chi connectivity index (χ1v) is 12.6. The van der Waals surface area contributed by atoms with E-state index in [1.54, 1.807) is 6.92 Å². The quantitative estimate of drug-likeness (QED) is 0.357. The average Bonchev–Trinajstić information content (AvgIpc) is 3.07. The second-order valence-electron chi connectivity index (χ2n) is 9.76. The summed E-state index contributed by atoms with van der Waals surface area (Å²) >= 11 is 0. The fourth-order valence-electron chi connectivity index (χ4n) is 5.11. The van der Waals surface area contributed by atoms with Crippen LogP contribution in [0.2, 0.25) is 0 Å². The Morgan fingerprint density at radius 1 is 1.03 bits per heavy atom. The monoisotopic (exact) mass is 465 g/mol. The van der Waals surface area contributed by atoms with Gasteiger partial charge in [0.2, 0.25) is 5.91 Å². The highest BCUT2D eigenvalue weighted by Gasteiger charge is 2.39. The van der Waals surface area contributed by atoms with E-state index in [0.29, 0.717) is 25.7 Å². The molecular formula is C29H39NO4. The molecule has 0 saturated heterocycles. The number of hydrogen-bond acceptors (Lipinski definition) is 4. The lowest BCUT2D eigenvalue weighted by Crippen LogP contribution is -2.42. The number of ether oxygens (including phenoxy) is 1. The summed E-state index contributed by atoms with van der Waals surface area (Å²) in [6.45, 7) is 5.77. The van der Waals surface area contributed by atoms with Gasteiger partial charge in [-0.05, 0) is 68.6 Å². The van der Waals surface area contributed by atoms with E-state index in [-0.39, 0.29) is 30.3 Å². The summed E-state index contributed by atoms with van der Waals surface area (Å²) < 4.78 is 5.70. The van der Waals surface area contributed by atoms with Crippen LogP contribution in [0.5, 0.6) is 0 Å². The molecule has 1 amide bonds. The standard InChI is InChI=1S/C29H39NO4/c1-4-27(32)34-25-16-9-8-15-24(19-25)29(33,20-23-13-6-5-7-14-23)18-17-26(31)30-28-21(2)11-10-12-22(28)3/h5-7,10-14,24-25,33H,4,8-9,15-20H2,1-3H3,(H,30,31). The summed E-state index contributed by atoms with van der Waals surface area (Å²) in [7, 11) is 0. The van der Waals surface area contributed by atoms with Crippen molar-refractivity contribution in [1.82, 2.24) is 0 Å². The van der Waals surface area contributed by atoms with Gasteiger partial charge in [0.1, 0.15) is 6.10 Å². The van der Waals surface area contributed by atoms with Crippen LogP contribution < -0.4 is 5.32 Å². The molecule has 1 aliphatic rings. The Hall–Kier alpha value is -2.66. The number of anilines is 1. The van der Waals surface area contributed by atoms with Crippen LogP contribution in [0.1, 0.15) is 75.0 Å². The summed E-state index contributed by atoms with van der Waals surface area (Å²) in [5, 5.41) is 15.1. The van der Waals surface area contributed by atoms with E-state index < -0.39 is 5.60 Å². The molecule has 184 valence electrons. The normalized spacial score (nSPS) is 20.1. The zero-order valence-corrected chi connectivity index (χ0v) is 20.8. The molecule has 5 nitrogen and oxygen atoms in total. The van der Waals surface area contributed by atoms with E-state index in [2.05, 4.69) is 5.32 Å². The zero-order chi connectivity index (χ0) is 24.6. The zero-order valence-electron chi connectivity index (χ0n) is 20.8. The molecule has 0 bridgehead atoms. The van der Waals surface area contributed by atoms with Gasteiger partial charge in [0.15, 0.2) is 0 Å². The Kier molecular flexibility index (Phi) is 9.28. The number of amides is 1. The third-order valence-electron chi connectivity index (χ3n) is 7.11. The highest BCUT2D eigenvalue weighted by molar-refractivity contribution is 5.92. The fourth-order valence-corrected chi connectivity index (χ4v) is 5.11. The predicted octanol–water partition coefficient (Wildman–Crippen LogP) is 5.90. The van der Waals surface area contributed by atoms with E-state index in [9.17, 15) is 14.7 Å². The van der Waals surface area contributed by atoms with Crippen LogP contribution in [0.3, 0.4) is 0 Å². The lowest BCUT2D eigenvalue weighted by molar-refractivity contribution is -0.151. The molecule has 3 unspecified atom stereocenters. The van der Waals surface area contributed by atoms with Gasteiger partial charge in [-0.2, -0.15) is 0 Å². The molecule has 0 aromatic heterocycles. The van der Waals surface area contributed by atoms with Gasteiger partial charge in [0.25, 0.3) is 0 Å². The van der Waals surface area contributed by atoms with E-state index in [4.69, 9.17) is 4.74 Å². The minimum atomic E-state index is -1.05. The number of nitrogens with one attached hydrogen (secondary N) is 1. The topological polar surface area (TPSA) is 75.6 Å². The number of hydrogen-bond donors (Lipinski definition) is 2. The molecule has 1 saturated carbocycles. The third-order valence-corrected chi connectivity index (χ3v) is 7.11. The lowest BCUT2D eigenvalue weighted by atomic mass is 9.75. The maximum atomic E-state index is 12.9. The van der Waals surface area contributed by atoms with Crippen molar-refractivity contribution < 1.29 is 19.4 Å². The minimum Gasteiger partial charge on any atom is -0.462 e. The largest absolute Gasteiger partial charge is 0.462 e. The number of carbonyl (C=O) groups excluding carboxylic acids is 2. The lowest BCUT2D eigenvalue weighted by Gasteiger charge is -2.37. The SMILES string of the molecule is CCC(=O)OC1CCCCC(C(O)(CCC(=O)Nc2c(C)cccc2C)Cc2ccccc2)C1. The smallest absolute Gasteiger partial charge is 0.305 e. The number of carbonyl (C=O) groups is 2. The van der Waals surface area contributed by atoms with Crippen LogP contribution in [-0.4, -0.2) is 28.7 Å². The molecule has 3 atom stereocenters. The first-order chi connectivity index (χ1) is 16.3. The van der Waals surface area contributed by atoms with Gasteiger partial charge in [-0.25, -0.2) is 0 Å². The molecule has 3 rings (SSSR count). The summed E-state index contributed by atoms with van der Waals surface area (Å²) in [5.41, 5.74) is 2.89. The maximum Gasteiger partial charge on any atom is 0.305 e. The Balaban J connectivity index is 1.76. The minimum absolute atomic E-state index is 0.0436. The Labute approximate surface area is 203 Å². The van der Waals surface area contributed by atoms with E-state index >= 15 is 0 Å². The van der Waals surface area contributed by atoms with E-state index in [1.165, 1.54) is 0 Å². The third kappa shape index (κ3) is 7.17. The molecule has 0 heterocycles. The van der Waals surface area contributed by atoms with Crippen molar-refractivity contribution in [3.05, 3.63) is 65.2 Å². The van der Waals surface area contributed by atoms with E-state index in [0.717, 1.165) is 48.1 Å². The van der Waals surface area contributed by atoms with Crippen molar-refractivity contribution >= 4 is 17.6 Å². The number of rotatable bonds is 9. The molecule has 1 aliphatic carbocycles. The molecule has 0 spiro atoms. The summed E-state index contributed by atoms with van der Waals surface area (Å²) in [4.78, 5) is 24.9. The predicted molar refractivity (Wildman–Crippen MR) is 136 cm³/mol. The molecule has 2 aromatic carbocycles. The number of aliphatic hydroxyl groups is 1. The number of para-hydroxylation sites is 1. The molecule has 2 aromatic rings. The van der Waals surface area contributed by atoms with E-state index in [1.807, 2.05) is 62.4 Å². The first kappa shape index (κ1) is 26.0. The van der Waals surface area contributed by atoms with Crippen LogP contribution in [0.25, 0.3) is 0 Å². The molecule has 0 aliphatic heterocycles. The fraction of sp³-hybridized carbons (Fsp3) is 0.517. The summed E-state index contributed by atoms with van der Waals surface area (Å²) in [6, 6.07) is 15.9. The summed E-state index contributed by atoms with van der Waals surface area (Å²) in [6.07, 6.45) is 5.53. The van der Waals surface area contributed by atoms with Gasteiger partial charge < -0.3 is 15.2 Å². The molecule has 34 heavy (non-hydrogen) atoms. The Morgan fingerprint density at radius 3 is 2.38 bits per heavy atom. The molecule has 0 radical (unpaired) electrons. The van der Waals surface area contributed by atoms with Gasteiger partial charge in [-0.1, -0.05) is 61.9 Å². The summed E-state index contributed by atoms with van der Waals surface area (Å²) in [5.74, 6) is -0.324. The van der Waals surface area contributed by atoms with Gasteiger partial charge in [-0.3, -0.25) is 9.59 Å². The molecular weight excluding hydrogens is 426 g/mol. The maximum absolute atomic E-state index is 12.9. The molecule has 1 fully saturated rings.